The van der Waals surface area contributed by atoms with Gasteiger partial charge in [0.2, 0.25) is 11.4 Å². The molecule has 266 valence electrons. The molecule has 8 rings (SSSR count). The van der Waals surface area contributed by atoms with Crippen molar-refractivity contribution in [2.24, 2.45) is 0 Å². The summed E-state index contributed by atoms with van der Waals surface area (Å²) in [4.78, 5) is 5.01. The highest BCUT2D eigenvalue weighted by Crippen LogP contribution is 2.42. The van der Waals surface area contributed by atoms with Crippen LogP contribution in [0.5, 0.6) is 0 Å². The van der Waals surface area contributed by atoms with Crippen molar-refractivity contribution in [3.63, 3.8) is 0 Å². The summed E-state index contributed by atoms with van der Waals surface area (Å²) < 4.78 is 5.20. The smallest absolute Gasteiger partial charge is 0.209 e. The monoisotopic (exact) mass is 688 g/mol. The Balaban J connectivity index is 1.02. The van der Waals surface area contributed by atoms with Crippen molar-refractivity contribution < 1.29 is 9.15 Å². The first-order valence-electron chi connectivity index (χ1n) is 19.9. The van der Waals surface area contributed by atoms with E-state index in [9.17, 15) is 0 Å². The molecule has 0 radical (unpaired) electrons. The van der Waals surface area contributed by atoms with E-state index in [1.165, 1.54) is 108 Å². The van der Waals surface area contributed by atoms with Gasteiger partial charge in [-0.15, -0.1) is 0 Å². The van der Waals surface area contributed by atoms with Crippen LogP contribution in [0.15, 0.2) is 109 Å². The molecule has 4 nitrogen and oxygen atoms in total. The van der Waals surface area contributed by atoms with Gasteiger partial charge in [0.05, 0.1) is 10.8 Å². The quantitative estimate of drug-likeness (QED) is 0.115. The number of rotatable bonds is 11. The minimum absolute atomic E-state index is 0.0566. The Labute approximate surface area is 312 Å². The Bertz CT molecular complexity index is 1880. The summed E-state index contributed by atoms with van der Waals surface area (Å²) in [6.07, 6.45) is 16.9. The molecule has 0 amide bonds. The lowest BCUT2D eigenvalue weighted by atomic mass is 9.81. The molecule has 0 saturated carbocycles. The third kappa shape index (κ3) is 6.57. The molecule has 52 heavy (non-hydrogen) atoms. The summed E-state index contributed by atoms with van der Waals surface area (Å²) >= 11 is 0. The molecule has 0 N–H and O–H groups in total. The van der Waals surface area contributed by atoms with Gasteiger partial charge in [0.25, 0.3) is 0 Å². The summed E-state index contributed by atoms with van der Waals surface area (Å²) in [6, 6.07) is 36.4. The number of para-hydroxylation sites is 2. The number of nitrogens with zero attached hydrogens (tertiary/aromatic N) is 4. The largest absolute Gasteiger partial charge is 0.372 e. The van der Waals surface area contributed by atoms with Crippen molar-refractivity contribution in [1.29, 1.82) is 0 Å². The van der Waals surface area contributed by atoms with Crippen molar-refractivity contribution in [1.82, 2.24) is 0 Å². The topological polar surface area (TPSA) is 12.5 Å². The Morgan fingerprint density at radius 2 is 0.846 bits per heavy atom. The van der Waals surface area contributed by atoms with E-state index in [2.05, 4.69) is 168 Å². The number of benzene rings is 4. The van der Waals surface area contributed by atoms with Gasteiger partial charge in [0, 0.05) is 85.8 Å². The maximum absolute atomic E-state index is 2.60. The fraction of sp³-hybridized carbons (Fsp3) is 0.375. The fourth-order valence-corrected chi connectivity index (χ4v) is 9.20. The lowest BCUT2D eigenvalue weighted by Gasteiger charge is -2.17. The van der Waals surface area contributed by atoms with Gasteiger partial charge in [0.1, 0.15) is 13.1 Å². The van der Waals surface area contributed by atoms with Crippen molar-refractivity contribution in [2.45, 2.75) is 77.0 Å². The van der Waals surface area contributed by atoms with E-state index in [-0.39, 0.29) is 10.8 Å². The minimum Gasteiger partial charge on any atom is -0.372 e. The molecule has 0 aliphatic carbocycles. The normalized spacial score (nSPS) is 19.2. The van der Waals surface area contributed by atoms with E-state index >= 15 is 0 Å². The minimum atomic E-state index is -0.0566. The molecule has 4 aromatic rings. The number of hydrogen-bond donors (Lipinski definition) is 0. The van der Waals surface area contributed by atoms with Gasteiger partial charge in [-0.25, -0.2) is 0 Å². The van der Waals surface area contributed by atoms with E-state index < -0.39 is 0 Å². The molecule has 0 unspecified atom stereocenters. The number of anilines is 2. The highest BCUT2D eigenvalue weighted by atomic mass is 15.1. The summed E-state index contributed by atoms with van der Waals surface area (Å²) in [5.74, 6) is 0. The molecule has 0 bridgehead atoms. The summed E-state index contributed by atoms with van der Waals surface area (Å²) in [5, 5.41) is 0. The van der Waals surface area contributed by atoms with Crippen LogP contribution >= 0.6 is 0 Å². The van der Waals surface area contributed by atoms with Crippen molar-refractivity contribution in [3.8, 4) is 0 Å². The molecule has 4 heterocycles. The maximum atomic E-state index is 2.60. The van der Waals surface area contributed by atoms with Gasteiger partial charge in [-0.3, -0.25) is 0 Å². The zero-order valence-corrected chi connectivity index (χ0v) is 31.8. The summed E-state index contributed by atoms with van der Waals surface area (Å²) in [5.41, 5.74) is 13.4. The van der Waals surface area contributed by atoms with Gasteiger partial charge < -0.3 is 9.80 Å². The molecule has 0 atom stereocenters. The molecule has 0 aromatic heterocycles. The van der Waals surface area contributed by atoms with Crippen LogP contribution in [-0.4, -0.2) is 59.8 Å². The second-order valence-corrected chi connectivity index (χ2v) is 16.3. The van der Waals surface area contributed by atoms with Crippen LogP contribution in [-0.2, 0) is 10.8 Å². The SMILES string of the molecule is CC1(C)C(/C=C/c2ccc(N3CCCC3)cc2)=[N+](CCCC[N+]2=C(/C=C/c3ccc(N4CCCC4)cc3)C(C)(C)c3ccccc32)c2ccccc21. The number of unbranched alkanes of at least 4 members (excludes halogenated alkanes) is 1. The number of allylic oxidation sites excluding steroid dienone is 2. The zero-order chi connectivity index (χ0) is 35.7. The zero-order valence-electron chi connectivity index (χ0n) is 31.8. The number of fused-ring (bicyclic) bond motifs is 2. The molecule has 2 fully saturated rings. The van der Waals surface area contributed by atoms with Crippen LogP contribution in [0.4, 0.5) is 22.7 Å². The molecule has 4 aliphatic heterocycles. The van der Waals surface area contributed by atoms with E-state index in [4.69, 9.17) is 0 Å². The van der Waals surface area contributed by atoms with E-state index in [1.807, 2.05) is 0 Å². The standard InChI is InChI=1S/C48H56N4/c1-47(2)41-15-5-7-17-43(41)51(45(47)29-23-37-19-25-39(26-20-37)49-31-9-10-32-49)35-13-14-36-52-44-18-8-6-16-42(44)48(3,4)46(52)30-24-38-21-27-40(28-22-38)50-33-11-12-34-50/h5-8,15-30H,9-14,31-36H2,1-4H3/q+2. The first-order chi connectivity index (χ1) is 25.3. The van der Waals surface area contributed by atoms with Crippen molar-refractivity contribution >= 4 is 46.3 Å². The molecule has 4 heteroatoms. The molecule has 4 aliphatic rings. The Morgan fingerprint density at radius 3 is 1.23 bits per heavy atom. The van der Waals surface area contributed by atoms with Gasteiger partial charge in [-0.05, 0) is 101 Å². The molecular weight excluding hydrogens is 633 g/mol. The lowest BCUT2D eigenvalue weighted by molar-refractivity contribution is -0.451. The Kier molecular flexibility index (Phi) is 9.51. The van der Waals surface area contributed by atoms with Crippen LogP contribution in [0.1, 0.15) is 88.5 Å². The maximum Gasteiger partial charge on any atom is 0.209 e. The predicted molar refractivity (Wildman–Crippen MR) is 222 cm³/mol. The van der Waals surface area contributed by atoms with E-state index in [0.29, 0.717) is 0 Å². The molecule has 2 saturated heterocycles. The summed E-state index contributed by atoms with van der Waals surface area (Å²) in [6.45, 7) is 16.3. The van der Waals surface area contributed by atoms with Crippen LogP contribution in [0, 0.1) is 0 Å². The lowest BCUT2D eigenvalue weighted by Crippen LogP contribution is -2.28. The highest BCUT2D eigenvalue weighted by Gasteiger charge is 2.45. The van der Waals surface area contributed by atoms with Gasteiger partial charge >= 0.3 is 0 Å². The molecule has 0 spiro atoms. The molecular formula is C48H56N4+2. The second kappa shape index (κ2) is 14.4. The third-order valence-electron chi connectivity index (χ3n) is 12.2. The average molecular weight is 689 g/mol. The van der Waals surface area contributed by atoms with Crippen LogP contribution in [0.3, 0.4) is 0 Å². The first-order valence-corrected chi connectivity index (χ1v) is 19.9. The van der Waals surface area contributed by atoms with Crippen LogP contribution in [0.2, 0.25) is 0 Å². The fourth-order valence-electron chi connectivity index (χ4n) is 9.20. The third-order valence-corrected chi connectivity index (χ3v) is 12.2. The Hall–Kier alpha value is -4.70. The Morgan fingerprint density at radius 1 is 0.481 bits per heavy atom. The van der Waals surface area contributed by atoms with Gasteiger partial charge in [0.15, 0.2) is 11.4 Å². The average Bonchev–Trinajstić information content (AvgIpc) is 3.97. The van der Waals surface area contributed by atoms with Crippen molar-refractivity contribution in [3.05, 3.63) is 131 Å². The highest BCUT2D eigenvalue weighted by molar-refractivity contribution is 6.06. The van der Waals surface area contributed by atoms with E-state index in [0.717, 1.165) is 25.9 Å². The van der Waals surface area contributed by atoms with Gasteiger partial charge in [-0.1, -0.05) is 60.7 Å². The first kappa shape index (κ1) is 34.4. The second-order valence-electron chi connectivity index (χ2n) is 16.3. The van der Waals surface area contributed by atoms with Crippen LogP contribution < -0.4 is 9.80 Å². The summed E-state index contributed by atoms with van der Waals surface area (Å²) in [7, 11) is 0. The number of hydrogen-bond acceptors (Lipinski definition) is 2. The van der Waals surface area contributed by atoms with Crippen LogP contribution in [0.25, 0.3) is 12.2 Å². The predicted octanol–water partition coefficient (Wildman–Crippen LogP) is 10.5. The van der Waals surface area contributed by atoms with Gasteiger partial charge in [-0.2, -0.15) is 9.15 Å². The van der Waals surface area contributed by atoms with Crippen molar-refractivity contribution in [2.75, 3.05) is 49.1 Å². The molecule has 4 aromatic carbocycles. The van der Waals surface area contributed by atoms with E-state index in [1.54, 1.807) is 0 Å².